The van der Waals surface area contributed by atoms with Crippen LogP contribution in [0.5, 0.6) is 0 Å². The average molecular weight is 676 g/mol. The van der Waals surface area contributed by atoms with Crippen LogP contribution in [-0.4, -0.2) is 0 Å². The van der Waals surface area contributed by atoms with Gasteiger partial charge < -0.3 is 4.90 Å². The van der Waals surface area contributed by atoms with Crippen molar-refractivity contribution in [1.29, 1.82) is 0 Å². The summed E-state index contributed by atoms with van der Waals surface area (Å²) in [6, 6.07) is 80.8. The van der Waals surface area contributed by atoms with Crippen LogP contribution in [0.25, 0.3) is 66.4 Å². The van der Waals surface area contributed by atoms with Gasteiger partial charge >= 0.3 is 0 Å². The van der Waals surface area contributed by atoms with E-state index < -0.39 is 0 Å². The normalized spacial score (nSPS) is 11.0. The van der Waals surface area contributed by atoms with Crippen molar-refractivity contribution in [2.45, 2.75) is 0 Å². The van der Waals surface area contributed by atoms with E-state index in [9.17, 15) is 0 Å². The van der Waals surface area contributed by atoms with Crippen molar-refractivity contribution in [1.82, 2.24) is 0 Å². The number of benzene rings is 9. The lowest BCUT2D eigenvalue weighted by atomic mass is 9.89. The lowest BCUT2D eigenvalue weighted by Crippen LogP contribution is -2.10. The molecule has 53 heavy (non-hydrogen) atoms. The predicted octanol–water partition coefficient (Wildman–Crippen LogP) is 14.6. The average Bonchev–Trinajstić information content (AvgIpc) is 3.25. The molecule has 9 aromatic carbocycles. The van der Waals surface area contributed by atoms with Crippen LogP contribution in [-0.2, 0) is 0 Å². The van der Waals surface area contributed by atoms with E-state index in [2.05, 4.69) is 229 Å². The first kappa shape index (κ1) is 32.0. The first-order valence-corrected chi connectivity index (χ1v) is 18.2. The Morgan fingerprint density at radius 3 is 1.34 bits per heavy atom. The molecule has 0 bridgehead atoms. The summed E-state index contributed by atoms with van der Waals surface area (Å²) in [6.07, 6.45) is 0. The van der Waals surface area contributed by atoms with E-state index in [0.717, 1.165) is 17.1 Å². The summed E-state index contributed by atoms with van der Waals surface area (Å²) in [5, 5.41) is 2.51. The van der Waals surface area contributed by atoms with Gasteiger partial charge in [0.2, 0.25) is 0 Å². The Bertz CT molecular complexity index is 2620. The molecule has 0 saturated carbocycles. The maximum atomic E-state index is 2.35. The largest absolute Gasteiger partial charge is 0.310 e. The highest BCUT2D eigenvalue weighted by molar-refractivity contribution is 6.01. The van der Waals surface area contributed by atoms with Gasteiger partial charge in [0.15, 0.2) is 0 Å². The number of nitrogens with zero attached hydrogens (tertiary/aromatic N) is 1. The minimum Gasteiger partial charge on any atom is -0.310 e. The van der Waals surface area contributed by atoms with Crippen molar-refractivity contribution >= 4 is 27.8 Å². The summed E-state index contributed by atoms with van der Waals surface area (Å²) in [4.78, 5) is 2.35. The van der Waals surface area contributed by atoms with Crippen molar-refractivity contribution < 1.29 is 0 Å². The fourth-order valence-electron chi connectivity index (χ4n) is 7.41. The van der Waals surface area contributed by atoms with Crippen molar-refractivity contribution in [3.63, 3.8) is 0 Å². The second-order valence-electron chi connectivity index (χ2n) is 13.4. The highest BCUT2D eigenvalue weighted by Crippen LogP contribution is 2.41. The third-order valence-electron chi connectivity index (χ3n) is 10.1. The minimum atomic E-state index is 1.10. The number of hydrogen-bond acceptors (Lipinski definition) is 1. The van der Waals surface area contributed by atoms with Crippen LogP contribution in [0.4, 0.5) is 17.1 Å². The van der Waals surface area contributed by atoms with E-state index >= 15 is 0 Å². The maximum Gasteiger partial charge on any atom is 0.0467 e. The molecule has 9 aromatic rings. The van der Waals surface area contributed by atoms with Crippen molar-refractivity contribution in [2.75, 3.05) is 4.90 Å². The Balaban J connectivity index is 1.12. The maximum absolute atomic E-state index is 2.35. The van der Waals surface area contributed by atoms with Gasteiger partial charge in [0.1, 0.15) is 0 Å². The summed E-state index contributed by atoms with van der Waals surface area (Å²) < 4.78 is 0. The van der Waals surface area contributed by atoms with Crippen LogP contribution < -0.4 is 4.90 Å². The molecule has 0 atom stereocenters. The number of rotatable bonds is 8. The Morgan fingerprint density at radius 1 is 0.226 bits per heavy atom. The molecule has 0 aliphatic heterocycles. The Hall–Kier alpha value is -6.96. The van der Waals surface area contributed by atoms with Gasteiger partial charge in [-0.25, -0.2) is 0 Å². The van der Waals surface area contributed by atoms with E-state index in [1.165, 1.54) is 66.4 Å². The molecule has 0 heterocycles. The minimum absolute atomic E-state index is 1.10. The molecule has 0 aromatic heterocycles. The lowest BCUT2D eigenvalue weighted by Gasteiger charge is -2.26. The second kappa shape index (κ2) is 14.3. The summed E-state index contributed by atoms with van der Waals surface area (Å²) in [5.74, 6) is 0. The van der Waals surface area contributed by atoms with E-state index in [4.69, 9.17) is 0 Å². The molecule has 250 valence electrons. The fourth-order valence-corrected chi connectivity index (χ4v) is 7.41. The van der Waals surface area contributed by atoms with Crippen LogP contribution in [0.2, 0.25) is 0 Å². The highest BCUT2D eigenvalue weighted by atomic mass is 15.1. The molecule has 0 fully saturated rings. The lowest BCUT2D eigenvalue weighted by molar-refractivity contribution is 1.28. The molecule has 0 N–H and O–H groups in total. The van der Waals surface area contributed by atoms with Crippen LogP contribution in [0.1, 0.15) is 0 Å². The Kier molecular flexibility index (Phi) is 8.66. The van der Waals surface area contributed by atoms with Gasteiger partial charge in [-0.2, -0.15) is 0 Å². The Labute approximate surface area is 311 Å². The van der Waals surface area contributed by atoms with Gasteiger partial charge in [-0.15, -0.1) is 0 Å². The van der Waals surface area contributed by atoms with Crippen LogP contribution in [0, 0.1) is 0 Å². The zero-order valence-corrected chi connectivity index (χ0v) is 29.3. The summed E-state index contributed by atoms with van der Waals surface area (Å²) >= 11 is 0. The van der Waals surface area contributed by atoms with Gasteiger partial charge in [0.25, 0.3) is 0 Å². The highest BCUT2D eigenvalue weighted by Gasteiger charge is 2.16. The smallest absolute Gasteiger partial charge is 0.0467 e. The number of anilines is 3. The fraction of sp³-hybridized carbons (Fsp3) is 0. The monoisotopic (exact) mass is 675 g/mol. The zero-order valence-electron chi connectivity index (χ0n) is 29.3. The van der Waals surface area contributed by atoms with Crippen LogP contribution in [0.3, 0.4) is 0 Å². The molecule has 0 saturated heterocycles. The van der Waals surface area contributed by atoms with Crippen LogP contribution in [0.15, 0.2) is 224 Å². The molecule has 9 rings (SSSR count). The molecule has 0 unspecified atom stereocenters. The van der Waals surface area contributed by atoms with Crippen molar-refractivity contribution in [3.8, 4) is 55.6 Å². The van der Waals surface area contributed by atoms with Gasteiger partial charge in [-0.05, 0) is 109 Å². The quantitative estimate of drug-likeness (QED) is 0.155. The molecule has 0 spiro atoms. The van der Waals surface area contributed by atoms with E-state index in [1.807, 2.05) is 0 Å². The first-order valence-electron chi connectivity index (χ1n) is 18.2. The molecule has 0 amide bonds. The first-order chi connectivity index (χ1) is 26.3. The molecule has 0 aliphatic rings. The molecular formula is C52H37N. The molecule has 1 nitrogen and oxygen atoms in total. The second-order valence-corrected chi connectivity index (χ2v) is 13.4. The van der Waals surface area contributed by atoms with Gasteiger partial charge in [-0.1, -0.05) is 182 Å². The van der Waals surface area contributed by atoms with Crippen molar-refractivity contribution in [2.24, 2.45) is 0 Å². The topological polar surface area (TPSA) is 3.24 Å². The van der Waals surface area contributed by atoms with E-state index in [1.54, 1.807) is 0 Å². The third kappa shape index (κ3) is 6.53. The van der Waals surface area contributed by atoms with Crippen LogP contribution >= 0.6 is 0 Å². The standard InChI is InChI=1S/C52H37N/c1-4-14-38(15-5-1)40-26-31-46(32-27-40)53(48-23-12-22-44(36-48)39-16-6-2-7-17-39)47-33-28-41(29-34-47)45-30-35-51(52(37-45)43-18-8-3-9-19-43)50-25-13-21-42-20-10-11-24-49(42)50/h1-37H. The molecule has 1 heteroatoms. The SMILES string of the molecule is c1ccc(-c2ccc(N(c3ccc(-c4ccc(-c5cccc6ccccc56)c(-c5ccccc5)c4)cc3)c3cccc(-c4ccccc4)c3)cc2)cc1. The van der Waals surface area contributed by atoms with Gasteiger partial charge in [-0.3, -0.25) is 0 Å². The third-order valence-corrected chi connectivity index (χ3v) is 10.1. The Morgan fingerprint density at radius 2 is 0.679 bits per heavy atom. The molecule has 0 radical (unpaired) electrons. The van der Waals surface area contributed by atoms with Crippen molar-refractivity contribution in [3.05, 3.63) is 224 Å². The number of fused-ring (bicyclic) bond motifs is 1. The summed E-state index contributed by atoms with van der Waals surface area (Å²) in [5.41, 5.74) is 15.4. The number of hydrogen-bond donors (Lipinski definition) is 0. The summed E-state index contributed by atoms with van der Waals surface area (Å²) in [7, 11) is 0. The van der Waals surface area contributed by atoms with E-state index in [-0.39, 0.29) is 0 Å². The van der Waals surface area contributed by atoms with Gasteiger partial charge in [0, 0.05) is 17.1 Å². The molecule has 0 aliphatic carbocycles. The summed E-state index contributed by atoms with van der Waals surface area (Å²) in [6.45, 7) is 0. The predicted molar refractivity (Wildman–Crippen MR) is 226 cm³/mol. The zero-order chi connectivity index (χ0) is 35.4. The van der Waals surface area contributed by atoms with E-state index in [0.29, 0.717) is 0 Å². The molecular weight excluding hydrogens is 639 g/mol. The van der Waals surface area contributed by atoms with Gasteiger partial charge in [0.05, 0.1) is 0 Å².